The molecule has 0 unspecified atom stereocenters. The number of ketones is 1. The van der Waals surface area contributed by atoms with Crippen molar-refractivity contribution in [2.45, 2.75) is 36.9 Å². The van der Waals surface area contributed by atoms with Gasteiger partial charge in [-0.1, -0.05) is 30.0 Å². The summed E-state index contributed by atoms with van der Waals surface area (Å²) in [5.74, 6) is 1.95. The van der Waals surface area contributed by atoms with E-state index in [1.54, 1.807) is 0 Å². The first-order valence-electron chi connectivity index (χ1n) is 8.69. The molecule has 0 amide bonds. The van der Waals surface area contributed by atoms with Gasteiger partial charge in [-0.2, -0.15) is 5.26 Å². The Labute approximate surface area is 155 Å². The van der Waals surface area contributed by atoms with Gasteiger partial charge in [0.05, 0.1) is 18.2 Å². The molecule has 0 spiro atoms. The summed E-state index contributed by atoms with van der Waals surface area (Å²) in [5.41, 5.74) is 1.70. The highest BCUT2D eigenvalue weighted by molar-refractivity contribution is 7.99. The van der Waals surface area contributed by atoms with Crippen LogP contribution in [-0.4, -0.2) is 30.9 Å². The Morgan fingerprint density at radius 2 is 2.15 bits per heavy atom. The highest BCUT2D eigenvalue weighted by Gasteiger charge is 2.29. The smallest absolute Gasteiger partial charge is 0.191 e. The van der Waals surface area contributed by atoms with Crippen LogP contribution >= 0.6 is 11.8 Å². The zero-order valence-electron chi connectivity index (χ0n) is 14.6. The van der Waals surface area contributed by atoms with E-state index in [9.17, 15) is 4.79 Å². The summed E-state index contributed by atoms with van der Waals surface area (Å²) in [6, 6.07) is 10.00. The first kappa shape index (κ1) is 16.9. The van der Waals surface area contributed by atoms with Gasteiger partial charge in [-0.3, -0.25) is 4.79 Å². The number of fused-ring (bicyclic) bond motifs is 1. The number of benzene rings is 1. The van der Waals surface area contributed by atoms with Crippen molar-refractivity contribution in [2.24, 2.45) is 7.05 Å². The number of nitriles is 1. The van der Waals surface area contributed by atoms with E-state index < -0.39 is 0 Å². The third-order valence-electron chi connectivity index (χ3n) is 4.70. The molecule has 1 fully saturated rings. The molecular weight excluding hydrogens is 346 g/mol. The van der Waals surface area contributed by atoms with Crippen molar-refractivity contribution in [3.63, 3.8) is 0 Å². The van der Waals surface area contributed by atoms with Crippen LogP contribution in [0.25, 0.3) is 10.9 Å². The van der Waals surface area contributed by atoms with E-state index in [1.165, 1.54) is 24.6 Å². The molecule has 1 aliphatic rings. The number of aromatic nitrogens is 4. The zero-order chi connectivity index (χ0) is 18.1. The molecule has 1 aliphatic carbocycles. The third kappa shape index (κ3) is 3.13. The fraction of sp³-hybridized carbons (Fsp3) is 0.368. The number of carbonyl (C=O) groups is 1. The van der Waals surface area contributed by atoms with Gasteiger partial charge in [0.1, 0.15) is 5.82 Å². The van der Waals surface area contributed by atoms with Crippen LogP contribution in [0, 0.1) is 11.3 Å². The monoisotopic (exact) mass is 365 g/mol. The molecule has 0 atom stereocenters. The molecule has 132 valence electrons. The van der Waals surface area contributed by atoms with Gasteiger partial charge in [-0.15, -0.1) is 10.2 Å². The van der Waals surface area contributed by atoms with Crippen molar-refractivity contribution >= 4 is 28.4 Å². The fourth-order valence-electron chi connectivity index (χ4n) is 3.18. The highest BCUT2D eigenvalue weighted by Crippen LogP contribution is 2.39. The number of para-hydroxylation sites is 1. The fourth-order valence-corrected chi connectivity index (χ4v) is 3.98. The lowest BCUT2D eigenvalue weighted by Gasteiger charge is -2.02. The van der Waals surface area contributed by atoms with E-state index in [4.69, 9.17) is 5.26 Å². The second kappa shape index (κ2) is 6.96. The Balaban J connectivity index is 1.54. The molecule has 0 bridgehead atoms. The SMILES string of the molecule is Cn1c(SCC(=O)c2cn(CCC#N)c3ccccc23)nnc1C1CC1. The van der Waals surface area contributed by atoms with E-state index >= 15 is 0 Å². The lowest BCUT2D eigenvalue weighted by molar-refractivity contribution is 0.102. The van der Waals surface area contributed by atoms with E-state index in [-0.39, 0.29) is 5.78 Å². The lowest BCUT2D eigenvalue weighted by Crippen LogP contribution is -2.04. The number of aryl methyl sites for hydroxylation is 1. The Bertz CT molecular complexity index is 1010. The third-order valence-corrected chi connectivity index (χ3v) is 5.72. The number of hydrogen-bond acceptors (Lipinski definition) is 5. The number of nitrogens with zero attached hydrogens (tertiary/aromatic N) is 5. The summed E-state index contributed by atoms with van der Waals surface area (Å²) in [6.07, 6.45) is 4.65. The Morgan fingerprint density at radius 3 is 2.92 bits per heavy atom. The quantitative estimate of drug-likeness (QED) is 0.473. The number of Topliss-reactive ketones (excluding diaryl/α,β-unsaturated/α-hetero) is 1. The topological polar surface area (TPSA) is 76.5 Å². The van der Waals surface area contributed by atoms with Crippen LogP contribution in [0.4, 0.5) is 0 Å². The molecule has 0 radical (unpaired) electrons. The Kier molecular flexibility index (Phi) is 4.51. The van der Waals surface area contributed by atoms with Gasteiger partial charge in [-0.25, -0.2) is 0 Å². The molecule has 1 saturated carbocycles. The van der Waals surface area contributed by atoms with Crippen LogP contribution in [0.2, 0.25) is 0 Å². The number of hydrogen-bond donors (Lipinski definition) is 0. The van der Waals surface area contributed by atoms with Crippen molar-refractivity contribution in [3.05, 3.63) is 41.9 Å². The van der Waals surface area contributed by atoms with Gasteiger partial charge >= 0.3 is 0 Å². The molecule has 2 heterocycles. The van der Waals surface area contributed by atoms with Crippen molar-refractivity contribution < 1.29 is 4.79 Å². The molecule has 4 rings (SSSR count). The molecule has 0 saturated heterocycles. The summed E-state index contributed by atoms with van der Waals surface area (Å²) < 4.78 is 4.00. The van der Waals surface area contributed by atoms with Gasteiger partial charge in [0.25, 0.3) is 0 Å². The largest absolute Gasteiger partial charge is 0.346 e. The van der Waals surface area contributed by atoms with Crippen LogP contribution in [0.1, 0.15) is 41.4 Å². The molecule has 2 aromatic heterocycles. The second-order valence-electron chi connectivity index (χ2n) is 6.55. The standard InChI is InChI=1S/C19H19N5OS/c1-23-18(13-7-8-13)21-22-19(23)26-12-17(25)15-11-24(10-4-9-20)16-6-3-2-5-14(15)16/h2-3,5-6,11,13H,4,7-8,10,12H2,1H3. The van der Waals surface area contributed by atoms with E-state index in [2.05, 4.69) is 16.3 Å². The predicted molar refractivity (Wildman–Crippen MR) is 100 cm³/mol. The minimum absolute atomic E-state index is 0.0675. The molecule has 0 aliphatic heterocycles. The van der Waals surface area contributed by atoms with Crippen LogP contribution in [0.5, 0.6) is 0 Å². The average molecular weight is 365 g/mol. The lowest BCUT2D eigenvalue weighted by atomic mass is 10.1. The van der Waals surface area contributed by atoms with Crippen molar-refractivity contribution in [3.8, 4) is 6.07 Å². The Morgan fingerprint density at radius 1 is 1.35 bits per heavy atom. The summed E-state index contributed by atoms with van der Waals surface area (Å²) in [5, 5.41) is 19.1. The summed E-state index contributed by atoms with van der Waals surface area (Å²) in [4.78, 5) is 12.8. The van der Waals surface area contributed by atoms with Crippen LogP contribution in [0.15, 0.2) is 35.6 Å². The normalized spacial score (nSPS) is 13.8. The van der Waals surface area contributed by atoms with Gasteiger partial charge in [0.15, 0.2) is 10.9 Å². The summed E-state index contributed by atoms with van der Waals surface area (Å²) >= 11 is 1.43. The van der Waals surface area contributed by atoms with Crippen LogP contribution < -0.4 is 0 Å². The maximum Gasteiger partial charge on any atom is 0.191 e. The highest BCUT2D eigenvalue weighted by atomic mass is 32.2. The zero-order valence-corrected chi connectivity index (χ0v) is 15.4. The van der Waals surface area contributed by atoms with Gasteiger partial charge in [0.2, 0.25) is 0 Å². The number of rotatable bonds is 7. The van der Waals surface area contributed by atoms with E-state index in [0.29, 0.717) is 30.2 Å². The summed E-state index contributed by atoms with van der Waals surface area (Å²) in [6.45, 7) is 0.589. The second-order valence-corrected chi connectivity index (χ2v) is 7.49. The van der Waals surface area contributed by atoms with Crippen LogP contribution in [-0.2, 0) is 13.6 Å². The molecular formula is C19H19N5OS. The number of thioether (sulfide) groups is 1. The van der Waals surface area contributed by atoms with Crippen molar-refractivity contribution in [1.82, 2.24) is 19.3 Å². The Hall–Kier alpha value is -2.59. The first-order chi connectivity index (χ1) is 12.7. The minimum atomic E-state index is 0.0675. The van der Waals surface area contributed by atoms with Crippen molar-refractivity contribution in [2.75, 3.05) is 5.75 Å². The van der Waals surface area contributed by atoms with E-state index in [0.717, 1.165) is 21.9 Å². The van der Waals surface area contributed by atoms with Crippen LogP contribution in [0.3, 0.4) is 0 Å². The van der Waals surface area contributed by atoms with Crippen molar-refractivity contribution in [1.29, 1.82) is 5.26 Å². The molecule has 3 aromatic rings. The van der Waals surface area contributed by atoms with Gasteiger partial charge in [-0.05, 0) is 18.9 Å². The molecule has 26 heavy (non-hydrogen) atoms. The maximum absolute atomic E-state index is 12.8. The molecule has 6 nitrogen and oxygen atoms in total. The summed E-state index contributed by atoms with van der Waals surface area (Å²) in [7, 11) is 1.97. The molecule has 7 heteroatoms. The minimum Gasteiger partial charge on any atom is -0.346 e. The first-order valence-corrected chi connectivity index (χ1v) is 9.67. The maximum atomic E-state index is 12.8. The molecule has 0 N–H and O–H groups in total. The van der Waals surface area contributed by atoms with E-state index in [1.807, 2.05) is 46.6 Å². The molecule has 1 aromatic carbocycles. The van der Waals surface area contributed by atoms with Gasteiger partial charge < -0.3 is 9.13 Å². The van der Waals surface area contributed by atoms with Gasteiger partial charge in [0, 0.05) is 42.2 Å². The average Bonchev–Trinajstić information content (AvgIpc) is 3.34. The predicted octanol–water partition coefficient (Wildman–Crippen LogP) is 3.54. The number of carbonyl (C=O) groups excluding carboxylic acids is 1.